The van der Waals surface area contributed by atoms with E-state index in [1.165, 1.54) is 12.8 Å². The molecule has 3 heteroatoms. The van der Waals surface area contributed by atoms with E-state index < -0.39 is 0 Å². The smallest absolute Gasteiger partial charge is 0.220 e. The third-order valence-corrected chi connectivity index (χ3v) is 3.69. The van der Waals surface area contributed by atoms with Crippen molar-refractivity contribution in [1.82, 2.24) is 5.32 Å². The van der Waals surface area contributed by atoms with E-state index in [9.17, 15) is 4.79 Å². The van der Waals surface area contributed by atoms with Gasteiger partial charge in [0.05, 0.1) is 0 Å². The lowest BCUT2D eigenvalue weighted by atomic mass is 9.80. The molecule has 0 bridgehead atoms. The monoisotopic (exact) mass is 226 g/mol. The SMILES string of the molecule is CC(C)C1CCC(NC(=O)CCCN)CC1. The van der Waals surface area contributed by atoms with Gasteiger partial charge in [-0.3, -0.25) is 4.79 Å². The van der Waals surface area contributed by atoms with Crippen LogP contribution in [0, 0.1) is 11.8 Å². The van der Waals surface area contributed by atoms with Gasteiger partial charge in [0.1, 0.15) is 0 Å². The average molecular weight is 226 g/mol. The predicted molar refractivity (Wildman–Crippen MR) is 67.0 cm³/mol. The van der Waals surface area contributed by atoms with E-state index in [1.54, 1.807) is 0 Å². The fourth-order valence-corrected chi connectivity index (χ4v) is 2.49. The molecule has 0 aliphatic heterocycles. The molecular weight excluding hydrogens is 200 g/mol. The Bertz CT molecular complexity index is 208. The molecule has 0 unspecified atom stereocenters. The maximum absolute atomic E-state index is 11.5. The molecule has 3 N–H and O–H groups in total. The third-order valence-electron chi connectivity index (χ3n) is 3.69. The molecule has 1 aliphatic rings. The molecule has 0 aromatic carbocycles. The number of hydrogen-bond acceptors (Lipinski definition) is 2. The Kier molecular flexibility index (Phi) is 5.81. The van der Waals surface area contributed by atoms with Gasteiger partial charge in [0.25, 0.3) is 0 Å². The highest BCUT2D eigenvalue weighted by molar-refractivity contribution is 5.76. The van der Waals surface area contributed by atoms with Gasteiger partial charge in [-0.2, -0.15) is 0 Å². The predicted octanol–water partition coefficient (Wildman–Crippen LogP) is 2.06. The van der Waals surface area contributed by atoms with Crippen molar-refractivity contribution in [1.29, 1.82) is 0 Å². The van der Waals surface area contributed by atoms with Crippen molar-refractivity contribution < 1.29 is 4.79 Å². The van der Waals surface area contributed by atoms with Crippen molar-refractivity contribution in [2.75, 3.05) is 6.54 Å². The van der Waals surface area contributed by atoms with Gasteiger partial charge in [-0.25, -0.2) is 0 Å². The van der Waals surface area contributed by atoms with Gasteiger partial charge in [-0.1, -0.05) is 13.8 Å². The molecule has 0 saturated heterocycles. The summed E-state index contributed by atoms with van der Waals surface area (Å²) in [5.74, 6) is 1.82. The summed E-state index contributed by atoms with van der Waals surface area (Å²) in [6.45, 7) is 5.20. The highest BCUT2D eigenvalue weighted by atomic mass is 16.1. The summed E-state index contributed by atoms with van der Waals surface area (Å²) in [6, 6.07) is 0.417. The van der Waals surface area contributed by atoms with Gasteiger partial charge in [0.2, 0.25) is 5.91 Å². The van der Waals surface area contributed by atoms with Crippen LogP contribution in [-0.4, -0.2) is 18.5 Å². The largest absolute Gasteiger partial charge is 0.353 e. The van der Waals surface area contributed by atoms with Crippen molar-refractivity contribution in [3.05, 3.63) is 0 Å². The first kappa shape index (κ1) is 13.5. The maximum Gasteiger partial charge on any atom is 0.220 e. The summed E-state index contributed by atoms with van der Waals surface area (Å²) >= 11 is 0. The Morgan fingerprint density at radius 1 is 1.31 bits per heavy atom. The summed E-state index contributed by atoms with van der Waals surface area (Å²) in [6.07, 6.45) is 6.21. The zero-order valence-corrected chi connectivity index (χ0v) is 10.7. The molecule has 0 atom stereocenters. The lowest BCUT2D eigenvalue weighted by Crippen LogP contribution is -2.38. The van der Waals surface area contributed by atoms with E-state index >= 15 is 0 Å². The van der Waals surface area contributed by atoms with Crippen LogP contribution < -0.4 is 11.1 Å². The molecule has 0 heterocycles. The Labute approximate surface area is 99.2 Å². The van der Waals surface area contributed by atoms with Crippen LogP contribution >= 0.6 is 0 Å². The fourth-order valence-electron chi connectivity index (χ4n) is 2.49. The van der Waals surface area contributed by atoms with E-state index in [0.29, 0.717) is 19.0 Å². The molecule has 0 radical (unpaired) electrons. The first-order valence-electron chi connectivity index (χ1n) is 6.63. The van der Waals surface area contributed by atoms with E-state index in [1.807, 2.05) is 0 Å². The standard InChI is InChI=1S/C13H26N2O/c1-10(2)11-5-7-12(8-6-11)15-13(16)4-3-9-14/h10-12H,3-9,14H2,1-2H3,(H,15,16). The topological polar surface area (TPSA) is 55.1 Å². The summed E-state index contributed by atoms with van der Waals surface area (Å²) < 4.78 is 0. The van der Waals surface area contributed by atoms with Crippen LogP contribution in [0.25, 0.3) is 0 Å². The minimum atomic E-state index is 0.179. The third kappa shape index (κ3) is 4.52. The first-order chi connectivity index (χ1) is 7.63. The Morgan fingerprint density at radius 2 is 1.94 bits per heavy atom. The van der Waals surface area contributed by atoms with Crippen LogP contribution in [0.5, 0.6) is 0 Å². The second-order valence-electron chi connectivity index (χ2n) is 5.32. The van der Waals surface area contributed by atoms with Crippen molar-refractivity contribution in [3.63, 3.8) is 0 Å². The van der Waals surface area contributed by atoms with E-state index in [2.05, 4.69) is 19.2 Å². The van der Waals surface area contributed by atoms with Crippen LogP contribution in [0.3, 0.4) is 0 Å². The highest BCUT2D eigenvalue weighted by Gasteiger charge is 2.23. The maximum atomic E-state index is 11.5. The fraction of sp³-hybridized carbons (Fsp3) is 0.923. The highest BCUT2D eigenvalue weighted by Crippen LogP contribution is 2.29. The van der Waals surface area contributed by atoms with Crippen LogP contribution in [0.2, 0.25) is 0 Å². The van der Waals surface area contributed by atoms with Gasteiger partial charge in [0, 0.05) is 12.5 Å². The number of hydrogen-bond donors (Lipinski definition) is 2. The van der Waals surface area contributed by atoms with E-state index in [0.717, 1.165) is 31.1 Å². The molecule has 1 amide bonds. The number of nitrogens with one attached hydrogen (secondary N) is 1. The van der Waals surface area contributed by atoms with Crippen molar-refractivity contribution >= 4 is 5.91 Å². The van der Waals surface area contributed by atoms with Gasteiger partial charge in [0.15, 0.2) is 0 Å². The van der Waals surface area contributed by atoms with Crippen LogP contribution in [0.4, 0.5) is 0 Å². The van der Waals surface area contributed by atoms with Crippen LogP contribution in [-0.2, 0) is 4.79 Å². The van der Waals surface area contributed by atoms with Crippen molar-refractivity contribution in [2.24, 2.45) is 17.6 Å². The van der Waals surface area contributed by atoms with Gasteiger partial charge < -0.3 is 11.1 Å². The van der Waals surface area contributed by atoms with Crippen LogP contribution in [0.15, 0.2) is 0 Å². The normalized spacial score (nSPS) is 25.8. The van der Waals surface area contributed by atoms with E-state index in [4.69, 9.17) is 5.73 Å². The zero-order valence-electron chi connectivity index (χ0n) is 10.7. The van der Waals surface area contributed by atoms with E-state index in [-0.39, 0.29) is 5.91 Å². The number of amides is 1. The molecule has 3 nitrogen and oxygen atoms in total. The number of carbonyl (C=O) groups excluding carboxylic acids is 1. The van der Waals surface area contributed by atoms with Gasteiger partial charge in [-0.15, -0.1) is 0 Å². The molecule has 1 fully saturated rings. The molecule has 1 rings (SSSR count). The van der Waals surface area contributed by atoms with Gasteiger partial charge >= 0.3 is 0 Å². The lowest BCUT2D eigenvalue weighted by Gasteiger charge is -2.31. The first-order valence-corrected chi connectivity index (χ1v) is 6.63. The number of nitrogens with two attached hydrogens (primary N) is 1. The minimum Gasteiger partial charge on any atom is -0.353 e. The minimum absolute atomic E-state index is 0.179. The van der Waals surface area contributed by atoms with Crippen molar-refractivity contribution in [2.45, 2.75) is 58.4 Å². The van der Waals surface area contributed by atoms with Crippen molar-refractivity contribution in [3.8, 4) is 0 Å². The lowest BCUT2D eigenvalue weighted by molar-refractivity contribution is -0.122. The number of carbonyl (C=O) groups is 1. The average Bonchev–Trinajstić information content (AvgIpc) is 2.27. The molecule has 0 spiro atoms. The molecule has 1 saturated carbocycles. The molecule has 1 aliphatic carbocycles. The molecule has 94 valence electrons. The second-order valence-corrected chi connectivity index (χ2v) is 5.32. The molecule has 16 heavy (non-hydrogen) atoms. The Morgan fingerprint density at radius 3 is 2.44 bits per heavy atom. The Hall–Kier alpha value is -0.570. The molecule has 0 aromatic heterocycles. The quantitative estimate of drug-likeness (QED) is 0.754. The molecular formula is C13H26N2O. The van der Waals surface area contributed by atoms with Gasteiger partial charge in [-0.05, 0) is 50.5 Å². The summed E-state index contributed by atoms with van der Waals surface area (Å²) in [4.78, 5) is 11.5. The zero-order chi connectivity index (χ0) is 12.0. The number of rotatable bonds is 5. The Balaban J connectivity index is 2.19. The summed E-state index contributed by atoms with van der Waals surface area (Å²) in [5.41, 5.74) is 5.38. The second kappa shape index (κ2) is 6.89. The summed E-state index contributed by atoms with van der Waals surface area (Å²) in [7, 11) is 0. The molecule has 0 aromatic rings. The summed E-state index contributed by atoms with van der Waals surface area (Å²) in [5, 5.41) is 3.12. The van der Waals surface area contributed by atoms with Crippen LogP contribution in [0.1, 0.15) is 52.4 Å².